The van der Waals surface area contributed by atoms with Crippen molar-refractivity contribution in [1.29, 1.82) is 0 Å². The highest BCUT2D eigenvalue weighted by molar-refractivity contribution is 6.46. The zero-order valence-electron chi connectivity index (χ0n) is 19.7. The number of methoxy groups -OCH3 is 2. The van der Waals surface area contributed by atoms with E-state index in [9.17, 15) is 14.7 Å². The summed E-state index contributed by atoms with van der Waals surface area (Å²) in [5.41, 5.74) is 0.868. The lowest BCUT2D eigenvalue weighted by atomic mass is 9.94. The van der Waals surface area contributed by atoms with E-state index >= 15 is 0 Å². The Bertz CT molecular complexity index is 1140. The van der Waals surface area contributed by atoms with Crippen molar-refractivity contribution in [1.82, 2.24) is 9.80 Å². The number of ketones is 1. The number of hydrogen-bond donors (Lipinski definition) is 1. The Morgan fingerprint density at radius 3 is 2.50 bits per heavy atom. The molecule has 1 fully saturated rings. The average molecular weight is 469 g/mol. The first kappa shape index (κ1) is 23.4. The summed E-state index contributed by atoms with van der Waals surface area (Å²) in [6.45, 7) is 1.62. The molecular formula is C25H28N2O7. The molecule has 1 N–H and O–H groups in total. The van der Waals surface area contributed by atoms with Crippen LogP contribution in [0.3, 0.4) is 0 Å². The van der Waals surface area contributed by atoms with Crippen LogP contribution in [0.25, 0.3) is 5.76 Å². The molecule has 34 heavy (non-hydrogen) atoms. The Kier molecular flexibility index (Phi) is 6.65. The summed E-state index contributed by atoms with van der Waals surface area (Å²) in [4.78, 5) is 29.8. The zero-order chi connectivity index (χ0) is 24.4. The Hall–Kier alpha value is -3.72. The first-order chi connectivity index (χ1) is 16.4. The number of Topliss-reactive ketones (excluding diaryl/α,β-unsaturated/α-hetero) is 1. The van der Waals surface area contributed by atoms with Gasteiger partial charge in [-0.05, 0) is 38.4 Å². The van der Waals surface area contributed by atoms with Gasteiger partial charge in [-0.2, -0.15) is 0 Å². The molecular weight excluding hydrogens is 440 g/mol. The first-order valence-corrected chi connectivity index (χ1v) is 10.9. The third-order valence-electron chi connectivity index (χ3n) is 5.87. The molecule has 2 aliphatic heterocycles. The van der Waals surface area contributed by atoms with Crippen LogP contribution in [0.2, 0.25) is 0 Å². The topological polar surface area (TPSA) is 97.8 Å². The maximum absolute atomic E-state index is 13.3. The van der Waals surface area contributed by atoms with Crippen LogP contribution in [0.4, 0.5) is 0 Å². The molecule has 2 aromatic rings. The van der Waals surface area contributed by atoms with Crippen LogP contribution >= 0.6 is 0 Å². The fourth-order valence-electron chi connectivity index (χ4n) is 4.22. The summed E-state index contributed by atoms with van der Waals surface area (Å²) in [5.74, 6) is 0.125. The number of ether oxygens (including phenoxy) is 4. The molecule has 1 atom stereocenters. The van der Waals surface area contributed by atoms with Crippen molar-refractivity contribution in [2.75, 3.05) is 54.6 Å². The fraction of sp³-hybridized carbons (Fsp3) is 0.360. The molecule has 9 heteroatoms. The molecule has 9 nitrogen and oxygen atoms in total. The van der Waals surface area contributed by atoms with Gasteiger partial charge < -0.3 is 33.9 Å². The number of hydrogen-bond acceptors (Lipinski definition) is 8. The Labute approximate surface area is 198 Å². The number of fused-ring (bicyclic) bond motifs is 1. The van der Waals surface area contributed by atoms with Gasteiger partial charge in [0, 0.05) is 24.2 Å². The van der Waals surface area contributed by atoms with E-state index in [1.165, 1.54) is 19.1 Å². The van der Waals surface area contributed by atoms with Crippen molar-refractivity contribution in [2.24, 2.45) is 0 Å². The van der Waals surface area contributed by atoms with Crippen LogP contribution in [-0.4, -0.2) is 81.2 Å². The lowest BCUT2D eigenvalue weighted by molar-refractivity contribution is -0.140. The van der Waals surface area contributed by atoms with E-state index in [-0.39, 0.29) is 17.9 Å². The highest BCUT2D eigenvalue weighted by atomic mass is 16.6. The number of amides is 1. The number of likely N-dealkylation sites (N-methyl/N-ethyl adjacent to an activating group) is 1. The molecule has 0 aromatic heterocycles. The largest absolute Gasteiger partial charge is 0.507 e. The average Bonchev–Trinajstić information content (AvgIpc) is 3.10. The second-order valence-electron chi connectivity index (χ2n) is 8.24. The number of benzene rings is 2. The predicted molar refractivity (Wildman–Crippen MR) is 125 cm³/mol. The highest BCUT2D eigenvalue weighted by Gasteiger charge is 2.47. The van der Waals surface area contributed by atoms with Crippen LogP contribution in [0, 0.1) is 0 Å². The van der Waals surface area contributed by atoms with Gasteiger partial charge in [-0.15, -0.1) is 0 Å². The maximum Gasteiger partial charge on any atom is 0.295 e. The molecule has 4 rings (SSSR count). The third kappa shape index (κ3) is 4.14. The van der Waals surface area contributed by atoms with Gasteiger partial charge in [0.05, 0.1) is 25.8 Å². The Morgan fingerprint density at radius 2 is 1.82 bits per heavy atom. The van der Waals surface area contributed by atoms with Crippen LogP contribution in [0.1, 0.15) is 17.2 Å². The zero-order valence-corrected chi connectivity index (χ0v) is 19.7. The van der Waals surface area contributed by atoms with Gasteiger partial charge in [-0.25, -0.2) is 0 Å². The monoisotopic (exact) mass is 468 g/mol. The number of carbonyl (C=O) groups is 2. The van der Waals surface area contributed by atoms with E-state index in [1.54, 1.807) is 36.4 Å². The Morgan fingerprint density at radius 1 is 1.09 bits per heavy atom. The quantitative estimate of drug-likeness (QED) is 0.376. The number of rotatable bonds is 7. The molecule has 0 spiro atoms. The van der Waals surface area contributed by atoms with Crippen LogP contribution < -0.4 is 18.9 Å². The number of nitrogens with zero attached hydrogens (tertiary/aromatic N) is 2. The number of para-hydroxylation sites is 1. The lowest BCUT2D eigenvalue weighted by Gasteiger charge is -2.28. The summed E-state index contributed by atoms with van der Waals surface area (Å²) in [6.07, 6.45) is 0. The first-order valence-electron chi connectivity index (χ1n) is 10.9. The third-order valence-corrected chi connectivity index (χ3v) is 5.87. The molecule has 1 unspecified atom stereocenters. The summed E-state index contributed by atoms with van der Waals surface area (Å²) in [5, 5.41) is 11.3. The van der Waals surface area contributed by atoms with Crippen molar-refractivity contribution >= 4 is 17.4 Å². The van der Waals surface area contributed by atoms with Gasteiger partial charge >= 0.3 is 0 Å². The molecule has 2 aliphatic rings. The minimum atomic E-state index is -0.863. The van der Waals surface area contributed by atoms with Gasteiger partial charge in [0.25, 0.3) is 11.7 Å². The highest BCUT2D eigenvalue weighted by Crippen LogP contribution is 2.46. The smallest absolute Gasteiger partial charge is 0.295 e. The normalized spacial score (nSPS) is 19.0. The second-order valence-corrected chi connectivity index (χ2v) is 8.24. The minimum absolute atomic E-state index is 0.0213. The summed E-state index contributed by atoms with van der Waals surface area (Å²) in [7, 11) is 6.77. The van der Waals surface area contributed by atoms with Crippen molar-refractivity contribution in [2.45, 2.75) is 6.04 Å². The molecule has 0 radical (unpaired) electrons. The molecule has 0 bridgehead atoms. The van der Waals surface area contributed by atoms with Crippen molar-refractivity contribution < 1.29 is 33.6 Å². The van der Waals surface area contributed by atoms with E-state index in [4.69, 9.17) is 18.9 Å². The number of aliphatic hydroxyl groups is 1. The summed E-state index contributed by atoms with van der Waals surface area (Å²) >= 11 is 0. The molecule has 0 saturated carbocycles. The van der Waals surface area contributed by atoms with E-state index in [1.807, 2.05) is 19.0 Å². The number of aliphatic hydroxyl groups excluding tert-OH is 1. The predicted octanol–water partition coefficient (Wildman–Crippen LogP) is 2.46. The van der Waals surface area contributed by atoms with Crippen molar-refractivity contribution in [3.63, 3.8) is 0 Å². The van der Waals surface area contributed by atoms with E-state index < -0.39 is 17.7 Å². The minimum Gasteiger partial charge on any atom is -0.507 e. The van der Waals surface area contributed by atoms with E-state index in [2.05, 4.69) is 0 Å². The van der Waals surface area contributed by atoms with Gasteiger partial charge in [0.1, 0.15) is 19.0 Å². The SMILES string of the molecule is COc1cccc(C2/C(=C(\O)c3ccc4c(c3)OCCO4)C(=O)C(=O)N2CCN(C)C)c1OC. The van der Waals surface area contributed by atoms with Crippen molar-refractivity contribution in [3.8, 4) is 23.0 Å². The molecule has 2 heterocycles. The molecule has 1 saturated heterocycles. The van der Waals surface area contributed by atoms with E-state index in [0.717, 1.165) is 0 Å². The van der Waals surface area contributed by atoms with Crippen LogP contribution in [0.15, 0.2) is 42.0 Å². The lowest BCUT2D eigenvalue weighted by Crippen LogP contribution is -2.35. The maximum atomic E-state index is 13.3. The second kappa shape index (κ2) is 9.64. The van der Waals surface area contributed by atoms with E-state index in [0.29, 0.717) is 53.9 Å². The summed E-state index contributed by atoms with van der Waals surface area (Å²) in [6, 6.07) is 9.30. The molecule has 0 aliphatic carbocycles. The fourth-order valence-corrected chi connectivity index (χ4v) is 4.22. The standard InChI is InChI=1S/C25H28N2O7/c1-26(2)10-11-27-21(16-6-5-7-18(31-3)24(16)32-4)20(23(29)25(27)30)22(28)15-8-9-17-19(14-15)34-13-12-33-17/h5-9,14,21,28H,10-13H2,1-4H3/b22-20+. The number of likely N-dealkylation sites (tertiary alicyclic amines) is 1. The molecule has 2 aromatic carbocycles. The molecule has 180 valence electrons. The van der Waals surface area contributed by atoms with Crippen LogP contribution in [-0.2, 0) is 9.59 Å². The summed E-state index contributed by atoms with van der Waals surface area (Å²) < 4.78 is 22.2. The van der Waals surface area contributed by atoms with Gasteiger partial charge in [0.15, 0.2) is 23.0 Å². The Balaban J connectivity index is 1.89. The number of carbonyl (C=O) groups excluding carboxylic acids is 2. The van der Waals surface area contributed by atoms with Gasteiger partial charge in [-0.3, -0.25) is 9.59 Å². The van der Waals surface area contributed by atoms with Crippen LogP contribution in [0.5, 0.6) is 23.0 Å². The van der Waals surface area contributed by atoms with Gasteiger partial charge in [-0.1, -0.05) is 12.1 Å². The van der Waals surface area contributed by atoms with Gasteiger partial charge in [0.2, 0.25) is 0 Å². The molecule has 1 amide bonds. The van der Waals surface area contributed by atoms with Crippen molar-refractivity contribution in [3.05, 3.63) is 53.1 Å².